The van der Waals surface area contributed by atoms with Crippen molar-refractivity contribution in [1.82, 2.24) is 0 Å². The van der Waals surface area contributed by atoms with Crippen LogP contribution >= 0.6 is 0 Å². The van der Waals surface area contributed by atoms with E-state index in [2.05, 4.69) is 0 Å². The second kappa shape index (κ2) is 5.75. The van der Waals surface area contributed by atoms with E-state index in [1.165, 1.54) is 12.1 Å². The molecular formula is C12H13F3O3. The molecule has 0 aliphatic carbocycles. The van der Waals surface area contributed by atoms with Crippen molar-refractivity contribution in [3.63, 3.8) is 0 Å². The molecule has 0 aliphatic rings. The Labute approximate surface area is 103 Å². The number of carbonyl (C=O) groups is 1. The van der Waals surface area contributed by atoms with E-state index in [1.807, 2.05) is 0 Å². The van der Waals surface area contributed by atoms with Crippen molar-refractivity contribution in [2.45, 2.75) is 26.1 Å². The first-order valence-corrected chi connectivity index (χ1v) is 5.28. The third kappa shape index (κ3) is 4.65. The Morgan fingerprint density at radius 1 is 1.33 bits per heavy atom. The van der Waals surface area contributed by atoms with Crippen molar-refractivity contribution in [2.75, 3.05) is 6.61 Å². The fourth-order valence-electron chi connectivity index (χ4n) is 1.20. The van der Waals surface area contributed by atoms with Crippen LogP contribution in [0.1, 0.15) is 19.4 Å². The molecule has 0 fully saturated rings. The molecule has 100 valence electrons. The number of halogens is 3. The summed E-state index contributed by atoms with van der Waals surface area (Å²) in [6.07, 6.45) is -4.72. The topological polar surface area (TPSA) is 35.5 Å². The Kier molecular flexibility index (Phi) is 4.58. The van der Waals surface area contributed by atoms with Crippen molar-refractivity contribution in [2.24, 2.45) is 0 Å². The molecule has 3 nitrogen and oxygen atoms in total. The fraction of sp³-hybridized carbons (Fsp3) is 0.417. The van der Waals surface area contributed by atoms with Crippen molar-refractivity contribution >= 4 is 5.97 Å². The van der Waals surface area contributed by atoms with Gasteiger partial charge in [-0.2, -0.15) is 13.2 Å². The van der Waals surface area contributed by atoms with Gasteiger partial charge in [0.05, 0.1) is 11.7 Å². The average Bonchev–Trinajstić information content (AvgIpc) is 2.25. The Balaban J connectivity index is 2.61. The molecule has 0 atom stereocenters. The van der Waals surface area contributed by atoms with Gasteiger partial charge in [0.15, 0.2) is 6.61 Å². The monoisotopic (exact) mass is 262 g/mol. The molecule has 0 heterocycles. The van der Waals surface area contributed by atoms with E-state index >= 15 is 0 Å². The third-order valence-corrected chi connectivity index (χ3v) is 1.89. The van der Waals surface area contributed by atoms with E-state index < -0.39 is 24.3 Å². The molecular weight excluding hydrogens is 249 g/mol. The van der Waals surface area contributed by atoms with E-state index in [0.717, 1.165) is 12.1 Å². The minimum absolute atomic E-state index is 0.0227. The third-order valence-electron chi connectivity index (χ3n) is 1.89. The maximum atomic E-state index is 12.4. The summed E-state index contributed by atoms with van der Waals surface area (Å²) in [5.74, 6) is -0.645. The zero-order valence-electron chi connectivity index (χ0n) is 9.95. The van der Waals surface area contributed by atoms with Gasteiger partial charge >= 0.3 is 12.1 Å². The quantitative estimate of drug-likeness (QED) is 0.782. The zero-order chi connectivity index (χ0) is 13.8. The van der Waals surface area contributed by atoms with Crippen molar-refractivity contribution < 1.29 is 27.4 Å². The van der Waals surface area contributed by atoms with Crippen LogP contribution in [-0.2, 0) is 15.7 Å². The molecule has 0 aromatic heterocycles. The molecule has 6 heteroatoms. The molecule has 0 spiro atoms. The van der Waals surface area contributed by atoms with Gasteiger partial charge < -0.3 is 9.47 Å². The number of carbonyl (C=O) groups excluding carboxylic acids is 1. The minimum Gasteiger partial charge on any atom is -0.482 e. The number of rotatable bonds is 4. The molecule has 1 aromatic carbocycles. The fourth-order valence-corrected chi connectivity index (χ4v) is 1.20. The van der Waals surface area contributed by atoms with Crippen LogP contribution in [0, 0.1) is 0 Å². The predicted octanol–water partition coefficient (Wildman–Crippen LogP) is 3.04. The molecule has 18 heavy (non-hydrogen) atoms. The predicted molar refractivity (Wildman–Crippen MR) is 58.2 cm³/mol. The van der Waals surface area contributed by atoms with Crippen LogP contribution < -0.4 is 4.74 Å². The lowest BCUT2D eigenvalue weighted by atomic mass is 10.2. The van der Waals surface area contributed by atoms with Crippen molar-refractivity contribution in [3.05, 3.63) is 29.8 Å². The molecule has 0 saturated heterocycles. The first-order chi connectivity index (χ1) is 8.29. The summed E-state index contributed by atoms with van der Waals surface area (Å²) >= 11 is 0. The Bertz CT molecular complexity index is 413. The molecule has 1 rings (SSSR count). The Morgan fingerprint density at radius 3 is 2.56 bits per heavy atom. The zero-order valence-corrected chi connectivity index (χ0v) is 9.95. The van der Waals surface area contributed by atoms with Crippen LogP contribution in [0.15, 0.2) is 24.3 Å². The highest BCUT2D eigenvalue weighted by molar-refractivity contribution is 5.71. The largest absolute Gasteiger partial charge is 0.482 e. The number of hydrogen-bond donors (Lipinski definition) is 0. The second-order valence-corrected chi connectivity index (χ2v) is 3.85. The number of hydrogen-bond acceptors (Lipinski definition) is 3. The lowest BCUT2D eigenvalue weighted by Gasteiger charge is -2.11. The van der Waals surface area contributed by atoms with Crippen molar-refractivity contribution in [1.29, 1.82) is 0 Å². The minimum atomic E-state index is -4.43. The van der Waals surface area contributed by atoms with Crippen LogP contribution in [0.3, 0.4) is 0 Å². The molecule has 0 aliphatic heterocycles. The van der Waals surface area contributed by atoms with Crippen molar-refractivity contribution in [3.8, 4) is 5.75 Å². The van der Waals surface area contributed by atoms with Gasteiger partial charge in [-0.1, -0.05) is 6.07 Å². The normalized spacial score (nSPS) is 11.4. The summed E-state index contributed by atoms with van der Waals surface area (Å²) in [6.45, 7) is 2.92. The molecule has 0 N–H and O–H groups in total. The maximum Gasteiger partial charge on any atom is 0.416 e. The van der Waals surface area contributed by atoms with Gasteiger partial charge in [0.25, 0.3) is 0 Å². The maximum absolute atomic E-state index is 12.4. The van der Waals surface area contributed by atoms with E-state index in [9.17, 15) is 18.0 Å². The van der Waals surface area contributed by atoms with E-state index in [1.54, 1.807) is 13.8 Å². The van der Waals surface area contributed by atoms with Crippen LogP contribution in [0.5, 0.6) is 5.75 Å². The lowest BCUT2D eigenvalue weighted by molar-refractivity contribution is -0.149. The molecule has 0 bridgehead atoms. The Morgan fingerprint density at radius 2 is 2.00 bits per heavy atom. The highest BCUT2D eigenvalue weighted by Gasteiger charge is 2.30. The summed E-state index contributed by atoms with van der Waals surface area (Å²) in [7, 11) is 0. The van der Waals surface area contributed by atoms with Gasteiger partial charge in [-0.25, -0.2) is 4.79 Å². The molecule has 1 aromatic rings. The van der Waals surface area contributed by atoms with Crippen LogP contribution in [0.4, 0.5) is 13.2 Å². The van der Waals surface area contributed by atoms with Gasteiger partial charge in [0.2, 0.25) is 0 Å². The van der Waals surface area contributed by atoms with E-state index in [0.29, 0.717) is 0 Å². The van der Waals surface area contributed by atoms with Gasteiger partial charge in [0, 0.05) is 0 Å². The Hall–Kier alpha value is -1.72. The standard InChI is InChI=1S/C12H13F3O3/c1-8(2)18-11(16)7-17-10-5-3-4-9(6-10)12(13,14)15/h3-6,8H,7H2,1-2H3. The molecule has 0 amide bonds. The van der Waals surface area contributed by atoms with E-state index in [-0.39, 0.29) is 11.9 Å². The number of ether oxygens (including phenoxy) is 2. The SMILES string of the molecule is CC(C)OC(=O)COc1cccc(C(F)(F)F)c1. The number of benzene rings is 1. The van der Waals surface area contributed by atoms with Gasteiger partial charge in [-0.3, -0.25) is 0 Å². The highest BCUT2D eigenvalue weighted by Crippen LogP contribution is 2.31. The first-order valence-electron chi connectivity index (χ1n) is 5.28. The summed E-state index contributed by atoms with van der Waals surface area (Å²) in [5, 5.41) is 0. The smallest absolute Gasteiger partial charge is 0.416 e. The number of esters is 1. The lowest BCUT2D eigenvalue weighted by Crippen LogP contribution is -2.18. The highest BCUT2D eigenvalue weighted by atomic mass is 19.4. The van der Waals surface area contributed by atoms with Crippen LogP contribution in [-0.4, -0.2) is 18.7 Å². The summed E-state index contributed by atoms with van der Waals surface area (Å²) < 4.78 is 46.9. The van der Waals surface area contributed by atoms with Gasteiger partial charge in [0.1, 0.15) is 5.75 Å². The van der Waals surface area contributed by atoms with Crippen LogP contribution in [0.25, 0.3) is 0 Å². The molecule has 0 radical (unpaired) electrons. The number of alkyl halides is 3. The van der Waals surface area contributed by atoms with Gasteiger partial charge in [-0.05, 0) is 32.0 Å². The summed E-state index contributed by atoms with van der Waals surface area (Å²) in [6, 6.07) is 4.33. The molecule has 0 saturated carbocycles. The average molecular weight is 262 g/mol. The second-order valence-electron chi connectivity index (χ2n) is 3.85. The van der Waals surface area contributed by atoms with Crippen LogP contribution in [0.2, 0.25) is 0 Å². The van der Waals surface area contributed by atoms with Gasteiger partial charge in [-0.15, -0.1) is 0 Å². The first kappa shape index (κ1) is 14.3. The summed E-state index contributed by atoms with van der Waals surface area (Å²) in [5.41, 5.74) is -0.822. The summed E-state index contributed by atoms with van der Waals surface area (Å²) in [4.78, 5) is 11.1. The molecule has 0 unspecified atom stereocenters. The van der Waals surface area contributed by atoms with E-state index in [4.69, 9.17) is 9.47 Å².